The van der Waals surface area contributed by atoms with Gasteiger partial charge in [0.05, 0.1) is 12.2 Å². The van der Waals surface area contributed by atoms with Gasteiger partial charge < -0.3 is 15.4 Å². The first-order chi connectivity index (χ1) is 8.88. The number of morpholine rings is 1. The summed E-state index contributed by atoms with van der Waals surface area (Å²) in [6.07, 6.45) is 2.17. The Balaban J connectivity index is 2.02. The highest BCUT2D eigenvalue weighted by Gasteiger charge is 2.38. The quantitative estimate of drug-likeness (QED) is 0.786. The maximum absolute atomic E-state index is 12.7. The van der Waals surface area contributed by atoms with E-state index in [4.69, 9.17) is 10.5 Å². The molecule has 110 valence electrons. The van der Waals surface area contributed by atoms with Crippen molar-refractivity contribution >= 4 is 5.91 Å². The van der Waals surface area contributed by atoms with Crippen LogP contribution in [0.4, 0.5) is 0 Å². The molecule has 2 fully saturated rings. The summed E-state index contributed by atoms with van der Waals surface area (Å²) >= 11 is 0. The van der Waals surface area contributed by atoms with Crippen LogP contribution in [0.25, 0.3) is 0 Å². The lowest BCUT2D eigenvalue weighted by Gasteiger charge is -2.41. The molecule has 0 aromatic carbocycles. The average Bonchev–Trinajstić information content (AvgIpc) is 2.31. The predicted molar refractivity (Wildman–Crippen MR) is 75.6 cm³/mol. The molecule has 0 radical (unpaired) electrons. The summed E-state index contributed by atoms with van der Waals surface area (Å²) in [6, 6.07) is 0.168. The molecule has 1 aliphatic carbocycles. The number of carbonyl (C=O) groups excluding carboxylic acids is 1. The van der Waals surface area contributed by atoms with Crippen LogP contribution >= 0.6 is 0 Å². The van der Waals surface area contributed by atoms with E-state index in [1.807, 2.05) is 18.7 Å². The molecule has 1 amide bonds. The van der Waals surface area contributed by atoms with Gasteiger partial charge in [-0.05, 0) is 38.5 Å². The number of hydrogen-bond donors (Lipinski definition) is 1. The molecule has 1 saturated carbocycles. The first-order valence-corrected chi connectivity index (χ1v) is 7.58. The Morgan fingerprint density at radius 2 is 1.63 bits per heavy atom. The van der Waals surface area contributed by atoms with Crippen molar-refractivity contribution < 1.29 is 9.53 Å². The van der Waals surface area contributed by atoms with Crippen LogP contribution in [0.15, 0.2) is 0 Å². The van der Waals surface area contributed by atoms with Crippen LogP contribution in [0, 0.1) is 17.8 Å². The van der Waals surface area contributed by atoms with Gasteiger partial charge >= 0.3 is 0 Å². The summed E-state index contributed by atoms with van der Waals surface area (Å²) in [5.41, 5.74) is 6.16. The van der Waals surface area contributed by atoms with Crippen LogP contribution in [-0.2, 0) is 9.53 Å². The van der Waals surface area contributed by atoms with Crippen molar-refractivity contribution in [1.29, 1.82) is 0 Å². The number of carbonyl (C=O) groups is 1. The van der Waals surface area contributed by atoms with Crippen LogP contribution in [0.5, 0.6) is 0 Å². The molecular weight excluding hydrogens is 240 g/mol. The van der Waals surface area contributed by atoms with E-state index in [1.165, 1.54) is 0 Å². The molecule has 6 unspecified atom stereocenters. The van der Waals surface area contributed by atoms with E-state index in [9.17, 15) is 4.79 Å². The zero-order valence-corrected chi connectivity index (χ0v) is 12.6. The van der Waals surface area contributed by atoms with Crippen LogP contribution < -0.4 is 5.73 Å². The van der Waals surface area contributed by atoms with Crippen molar-refractivity contribution in [2.24, 2.45) is 23.5 Å². The molecule has 4 nitrogen and oxygen atoms in total. The summed E-state index contributed by atoms with van der Waals surface area (Å²) in [7, 11) is 0. The largest absolute Gasteiger partial charge is 0.372 e. The standard InChI is InChI=1S/C15H28N2O2/c1-9-5-10(2)14(16)6-13(9)15(18)17-7-11(3)19-12(4)8-17/h9-14H,5-8,16H2,1-4H3. The molecule has 2 rings (SSSR count). The van der Waals surface area contributed by atoms with E-state index in [-0.39, 0.29) is 30.1 Å². The second kappa shape index (κ2) is 5.80. The minimum Gasteiger partial charge on any atom is -0.372 e. The third kappa shape index (κ3) is 3.29. The number of hydrogen-bond acceptors (Lipinski definition) is 3. The lowest BCUT2D eigenvalue weighted by molar-refractivity contribution is -0.150. The van der Waals surface area contributed by atoms with Gasteiger partial charge in [0.15, 0.2) is 0 Å². The minimum atomic E-state index is 0.101. The Morgan fingerprint density at radius 3 is 2.21 bits per heavy atom. The second-order valence-electron chi connectivity index (χ2n) is 6.70. The lowest BCUT2D eigenvalue weighted by Crippen LogP contribution is -2.53. The van der Waals surface area contributed by atoms with Crippen molar-refractivity contribution in [2.45, 2.75) is 58.8 Å². The molecule has 1 aliphatic heterocycles. The summed E-state index contributed by atoms with van der Waals surface area (Å²) in [4.78, 5) is 14.7. The second-order valence-corrected chi connectivity index (χ2v) is 6.70. The lowest BCUT2D eigenvalue weighted by atomic mass is 9.72. The van der Waals surface area contributed by atoms with Crippen LogP contribution in [-0.4, -0.2) is 42.1 Å². The van der Waals surface area contributed by atoms with Crippen molar-refractivity contribution in [1.82, 2.24) is 4.90 Å². The zero-order chi connectivity index (χ0) is 14.2. The predicted octanol–water partition coefficient (Wildman–Crippen LogP) is 1.63. The molecule has 0 aromatic heterocycles. The van der Waals surface area contributed by atoms with E-state index >= 15 is 0 Å². The maximum Gasteiger partial charge on any atom is 0.226 e. The van der Waals surface area contributed by atoms with Gasteiger partial charge in [-0.25, -0.2) is 0 Å². The van der Waals surface area contributed by atoms with Gasteiger partial charge in [0.25, 0.3) is 0 Å². The molecule has 19 heavy (non-hydrogen) atoms. The van der Waals surface area contributed by atoms with Gasteiger partial charge in [-0.3, -0.25) is 4.79 Å². The van der Waals surface area contributed by atoms with Gasteiger partial charge in [-0.2, -0.15) is 0 Å². The average molecular weight is 268 g/mol. The Hall–Kier alpha value is -0.610. The number of nitrogens with zero attached hydrogens (tertiary/aromatic N) is 1. The molecule has 0 aromatic rings. The number of amides is 1. The highest BCUT2D eigenvalue weighted by molar-refractivity contribution is 5.79. The third-order valence-corrected chi connectivity index (χ3v) is 4.74. The van der Waals surface area contributed by atoms with E-state index in [1.54, 1.807) is 0 Å². The number of nitrogens with two attached hydrogens (primary N) is 1. The molecule has 6 atom stereocenters. The molecule has 2 N–H and O–H groups in total. The first-order valence-electron chi connectivity index (χ1n) is 7.58. The fourth-order valence-corrected chi connectivity index (χ4v) is 3.62. The summed E-state index contributed by atoms with van der Waals surface area (Å²) in [5, 5.41) is 0. The van der Waals surface area contributed by atoms with E-state index in [2.05, 4.69) is 13.8 Å². The van der Waals surface area contributed by atoms with Gasteiger partial charge in [-0.15, -0.1) is 0 Å². The molecule has 1 saturated heterocycles. The molecule has 0 spiro atoms. The third-order valence-electron chi connectivity index (χ3n) is 4.74. The van der Waals surface area contributed by atoms with E-state index < -0.39 is 0 Å². The minimum absolute atomic E-state index is 0.101. The molecular formula is C15H28N2O2. The number of ether oxygens (including phenoxy) is 1. The van der Waals surface area contributed by atoms with Gasteiger partial charge in [-0.1, -0.05) is 13.8 Å². The summed E-state index contributed by atoms with van der Waals surface area (Å²) in [5.74, 6) is 1.36. The Labute approximate surface area is 116 Å². The Morgan fingerprint density at radius 1 is 1.05 bits per heavy atom. The smallest absolute Gasteiger partial charge is 0.226 e. The van der Waals surface area contributed by atoms with Crippen LogP contribution in [0.3, 0.4) is 0 Å². The molecule has 0 bridgehead atoms. The van der Waals surface area contributed by atoms with Gasteiger partial charge in [0, 0.05) is 25.0 Å². The van der Waals surface area contributed by atoms with Crippen molar-refractivity contribution in [3.63, 3.8) is 0 Å². The zero-order valence-electron chi connectivity index (χ0n) is 12.6. The van der Waals surface area contributed by atoms with Crippen molar-refractivity contribution in [2.75, 3.05) is 13.1 Å². The highest BCUT2D eigenvalue weighted by Crippen LogP contribution is 2.34. The van der Waals surface area contributed by atoms with Crippen molar-refractivity contribution in [3.8, 4) is 0 Å². The first kappa shape index (κ1) is 14.8. The molecule has 4 heteroatoms. The number of rotatable bonds is 1. The normalized spacial score (nSPS) is 44.2. The van der Waals surface area contributed by atoms with Crippen LogP contribution in [0.1, 0.15) is 40.5 Å². The summed E-state index contributed by atoms with van der Waals surface area (Å²) in [6.45, 7) is 9.90. The monoisotopic (exact) mass is 268 g/mol. The Bertz CT molecular complexity index is 324. The molecule has 1 heterocycles. The summed E-state index contributed by atoms with van der Waals surface area (Å²) < 4.78 is 5.70. The Kier molecular flexibility index (Phi) is 4.51. The SMILES string of the molecule is CC1CN(C(=O)C2CC(N)C(C)CC2C)CC(C)O1. The van der Waals surface area contributed by atoms with E-state index in [0.717, 1.165) is 25.9 Å². The van der Waals surface area contributed by atoms with Gasteiger partial charge in [0.2, 0.25) is 5.91 Å². The maximum atomic E-state index is 12.7. The van der Waals surface area contributed by atoms with E-state index in [0.29, 0.717) is 11.8 Å². The fourth-order valence-electron chi connectivity index (χ4n) is 3.62. The van der Waals surface area contributed by atoms with Crippen molar-refractivity contribution in [3.05, 3.63) is 0 Å². The van der Waals surface area contributed by atoms with Crippen LogP contribution in [0.2, 0.25) is 0 Å². The fraction of sp³-hybridized carbons (Fsp3) is 0.933. The van der Waals surface area contributed by atoms with Gasteiger partial charge in [0.1, 0.15) is 0 Å². The topological polar surface area (TPSA) is 55.6 Å². The molecule has 2 aliphatic rings. The highest BCUT2D eigenvalue weighted by atomic mass is 16.5.